The first-order chi connectivity index (χ1) is 17.2. The molecule has 4 rings (SSSR count). The second-order valence-electron chi connectivity index (χ2n) is 9.08. The van der Waals surface area contributed by atoms with Crippen molar-refractivity contribution in [3.05, 3.63) is 66.0 Å². The highest BCUT2D eigenvalue weighted by atomic mass is 19.4. The van der Waals surface area contributed by atoms with E-state index in [-0.39, 0.29) is 5.91 Å². The van der Waals surface area contributed by atoms with Crippen LogP contribution in [0.3, 0.4) is 0 Å². The highest BCUT2D eigenvalue weighted by Crippen LogP contribution is 2.32. The highest BCUT2D eigenvalue weighted by molar-refractivity contribution is 5.96. The summed E-state index contributed by atoms with van der Waals surface area (Å²) in [7, 11) is 1.34. The molecule has 9 heteroatoms. The number of hydrogen-bond acceptors (Lipinski definition) is 5. The lowest BCUT2D eigenvalue weighted by molar-refractivity contribution is -0.137. The maximum absolute atomic E-state index is 13.0. The smallest absolute Gasteiger partial charge is 0.416 e. The Balaban J connectivity index is 1.17. The number of rotatable bonds is 8. The van der Waals surface area contributed by atoms with Gasteiger partial charge in [0.1, 0.15) is 0 Å². The van der Waals surface area contributed by atoms with Gasteiger partial charge in [-0.3, -0.25) is 14.3 Å². The zero-order valence-electron chi connectivity index (χ0n) is 20.3. The molecule has 6 nitrogen and oxygen atoms in total. The summed E-state index contributed by atoms with van der Waals surface area (Å²) in [6.45, 7) is 3.91. The third kappa shape index (κ3) is 6.26. The monoisotopic (exact) mass is 501 g/mol. The van der Waals surface area contributed by atoms with Gasteiger partial charge < -0.3 is 9.64 Å². The largest absolute Gasteiger partial charge is 0.465 e. The number of nitrogens with zero attached hydrogens (tertiary/aromatic N) is 3. The zero-order chi connectivity index (χ0) is 25.7. The number of fused-ring (bicyclic) bond motifs is 1. The number of alkyl halides is 3. The molecule has 0 N–H and O–H groups in total. The lowest BCUT2D eigenvalue weighted by Gasteiger charge is -2.36. The number of benzene rings is 2. The topological polar surface area (TPSA) is 54.8 Å². The van der Waals surface area contributed by atoms with E-state index in [1.54, 1.807) is 41.2 Å². The molecule has 3 aromatic rings. The fourth-order valence-corrected chi connectivity index (χ4v) is 4.56. The summed E-state index contributed by atoms with van der Waals surface area (Å²) in [6, 6.07) is 10.7. The number of carbonyl (C=O) groups is 2. The number of unbranched alkanes of at least 4 members (excludes halogenated alkanes) is 2. The normalized spacial score (nSPS) is 14.8. The van der Waals surface area contributed by atoms with Crippen molar-refractivity contribution >= 4 is 28.3 Å². The van der Waals surface area contributed by atoms with Gasteiger partial charge >= 0.3 is 12.1 Å². The van der Waals surface area contributed by atoms with E-state index < -0.39 is 17.7 Å². The number of anilines is 1. The van der Waals surface area contributed by atoms with E-state index in [9.17, 15) is 22.8 Å². The third-order valence-corrected chi connectivity index (χ3v) is 6.63. The molecular formula is C27H30F3N3O3. The average Bonchev–Trinajstić information content (AvgIpc) is 3.31. The Labute approximate surface area is 208 Å². The zero-order valence-corrected chi connectivity index (χ0v) is 20.3. The van der Waals surface area contributed by atoms with Crippen LogP contribution in [-0.4, -0.2) is 61.2 Å². The third-order valence-electron chi connectivity index (χ3n) is 6.63. The fraction of sp³-hybridized carbons (Fsp3) is 0.407. The molecule has 0 atom stereocenters. The maximum Gasteiger partial charge on any atom is 0.416 e. The van der Waals surface area contributed by atoms with Crippen molar-refractivity contribution in [3.8, 4) is 0 Å². The van der Waals surface area contributed by atoms with Crippen molar-refractivity contribution < 1.29 is 27.5 Å². The van der Waals surface area contributed by atoms with Crippen molar-refractivity contribution in [2.75, 3.05) is 44.7 Å². The number of esters is 1. The van der Waals surface area contributed by atoms with Gasteiger partial charge in [0.15, 0.2) is 0 Å². The summed E-state index contributed by atoms with van der Waals surface area (Å²) in [5.74, 6) is -0.395. The van der Waals surface area contributed by atoms with E-state index in [1.165, 1.54) is 19.2 Å². The van der Waals surface area contributed by atoms with Gasteiger partial charge in [-0.25, -0.2) is 4.79 Å². The van der Waals surface area contributed by atoms with Crippen LogP contribution in [0.15, 0.2) is 54.9 Å². The van der Waals surface area contributed by atoms with Crippen molar-refractivity contribution in [1.82, 2.24) is 9.47 Å². The van der Waals surface area contributed by atoms with Crippen LogP contribution >= 0.6 is 0 Å². The van der Waals surface area contributed by atoms with E-state index in [0.717, 1.165) is 55.7 Å². The van der Waals surface area contributed by atoms with Crippen LogP contribution in [-0.2, 0) is 10.9 Å². The van der Waals surface area contributed by atoms with Gasteiger partial charge in [-0.15, -0.1) is 0 Å². The van der Waals surface area contributed by atoms with E-state index in [2.05, 4.69) is 4.90 Å². The number of carbonyl (C=O) groups excluding carboxylic acids is 2. The molecule has 0 radical (unpaired) electrons. The number of methoxy groups -OCH3 is 1. The van der Waals surface area contributed by atoms with E-state index >= 15 is 0 Å². The molecule has 1 aromatic heterocycles. The second-order valence-corrected chi connectivity index (χ2v) is 9.08. The summed E-state index contributed by atoms with van der Waals surface area (Å²) in [6.07, 6.45) is 2.30. The molecule has 192 valence electrons. The van der Waals surface area contributed by atoms with Gasteiger partial charge in [0.05, 0.1) is 18.2 Å². The number of hydrogen-bond donors (Lipinski definition) is 0. The molecule has 36 heavy (non-hydrogen) atoms. The standard InChI is InChI=1S/C27H30F3N3O3/c1-36-26(35)20-9-10-21-18-33(19-22(21)16-20)25(34)8-3-2-4-11-31-12-14-32(15-13-31)24-7-5-6-23(17-24)27(28,29)30/h5-7,9-10,16-19H,2-4,8,11-15H2,1H3. The molecule has 0 aliphatic carbocycles. The predicted molar refractivity (Wildman–Crippen MR) is 132 cm³/mol. The summed E-state index contributed by atoms with van der Waals surface area (Å²) >= 11 is 0. The summed E-state index contributed by atoms with van der Waals surface area (Å²) in [5, 5.41) is 1.70. The number of ether oxygens (including phenoxy) is 1. The summed E-state index contributed by atoms with van der Waals surface area (Å²) in [4.78, 5) is 28.6. The summed E-state index contributed by atoms with van der Waals surface area (Å²) in [5.41, 5.74) is 0.448. The van der Waals surface area contributed by atoms with E-state index in [1.807, 2.05) is 4.90 Å². The van der Waals surface area contributed by atoms with Crippen LogP contribution in [0.2, 0.25) is 0 Å². The van der Waals surface area contributed by atoms with Crippen molar-refractivity contribution in [1.29, 1.82) is 0 Å². The highest BCUT2D eigenvalue weighted by Gasteiger charge is 2.31. The number of piperazine rings is 1. The van der Waals surface area contributed by atoms with Gasteiger partial charge in [-0.1, -0.05) is 18.6 Å². The Morgan fingerprint density at radius 3 is 2.39 bits per heavy atom. The van der Waals surface area contributed by atoms with Gasteiger partial charge in [0.2, 0.25) is 5.91 Å². The average molecular weight is 502 g/mol. The molecule has 0 unspecified atom stereocenters. The van der Waals surface area contributed by atoms with Crippen molar-refractivity contribution in [2.45, 2.75) is 31.9 Å². The Morgan fingerprint density at radius 1 is 0.917 bits per heavy atom. The predicted octanol–water partition coefficient (Wildman–Crippen LogP) is 5.47. The second kappa shape index (κ2) is 11.2. The fourth-order valence-electron chi connectivity index (χ4n) is 4.56. The first kappa shape index (κ1) is 25.8. The molecule has 2 aromatic carbocycles. The van der Waals surface area contributed by atoms with Gasteiger partial charge in [-0.05, 0) is 55.1 Å². The molecule has 1 aliphatic heterocycles. The Morgan fingerprint density at radius 2 is 1.67 bits per heavy atom. The lowest BCUT2D eigenvalue weighted by Crippen LogP contribution is -2.46. The van der Waals surface area contributed by atoms with E-state index in [0.29, 0.717) is 30.8 Å². The first-order valence-corrected chi connectivity index (χ1v) is 12.1. The SMILES string of the molecule is COC(=O)c1ccc2cn(C(=O)CCCCCN3CCN(c4cccc(C(F)(F)F)c4)CC3)cc2c1. The lowest BCUT2D eigenvalue weighted by atomic mass is 10.1. The van der Waals surface area contributed by atoms with Gasteiger partial charge in [-0.2, -0.15) is 13.2 Å². The molecule has 1 aliphatic rings. The van der Waals surface area contributed by atoms with Crippen LogP contribution in [0, 0.1) is 0 Å². The van der Waals surface area contributed by atoms with Crippen molar-refractivity contribution in [3.63, 3.8) is 0 Å². The van der Waals surface area contributed by atoms with Crippen LogP contribution < -0.4 is 4.90 Å². The molecule has 2 heterocycles. The first-order valence-electron chi connectivity index (χ1n) is 12.1. The van der Waals surface area contributed by atoms with Crippen LogP contribution in [0.4, 0.5) is 18.9 Å². The van der Waals surface area contributed by atoms with Crippen LogP contribution in [0.25, 0.3) is 10.8 Å². The molecule has 0 saturated carbocycles. The Hall–Kier alpha value is -3.33. The van der Waals surface area contributed by atoms with E-state index in [4.69, 9.17) is 4.74 Å². The van der Waals surface area contributed by atoms with Crippen LogP contribution in [0.5, 0.6) is 0 Å². The molecule has 0 amide bonds. The van der Waals surface area contributed by atoms with Crippen molar-refractivity contribution in [2.24, 2.45) is 0 Å². The minimum absolute atomic E-state index is 0.0144. The minimum Gasteiger partial charge on any atom is -0.465 e. The molecule has 1 saturated heterocycles. The van der Waals surface area contributed by atoms with Gasteiger partial charge in [0, 0.05) is 56.1 Å². The minimum atomic E-state index is -4.33. The molecule has 1 fully saturated rings. The number of aromatic nitrogens is 1. The molecule has 0 bridgehead atoms. The Kier molecular flexibility index (Phi) is 7.98. The van der Waals surface area contributed by atoms with Crippen LogP contribution in [0.1, 0.15) is 46.4 Å². The molecule has 0 spiro atoms. The van der Waals surface area contributed by atoms with Gasteiger partial charge in [0.25, 0.3) is 0 Å². The molecular weight excluding hydrogens is 471 g/mol. The Bertz CT molecular complexity index is 1210. The summed E-state index contributed by atoms with van der Waals surface area (Å²) < 4.78 is 45.3. The number of halogens is 3. The maximum atomic E-state index is 13.0. The quantitative estimate of drug-likeness (QED) is 0.303.